The Morgan fingerprint density at radius 1 is 1.04 bits per heavy atom. The number of benzene rings is 2. The smallest absolute Gasteiger partial charge is 0.251 e. The highest BCUT2D eigenvalue weighted by atomic mass is 16.5. The van der Waals surface area contributed by atoms with Crippen molar-refractivity contribution in [1.29, 1.82) is 0 Å². The number of fused-ring (bicyclic) bond motifs is 3. The van der Waals surface area contributed by atoms with Gasteiger partial charge in [-0.05, 0) is 75.2 Å². The van der Waals surface area contributed by atoms with Crippen molar-refractivity contribution in [3.05, 3.63) is 54.1 Å². The second kappa shape index (κ2) is 7.61. The van der Waals surface area contributed by atoms with E-state index in [0.717, 1.165) is 13.1 Å². The van der Waals surface area contributed by atoms with Crippen molar-refractivity contribution in [3.8, 4) is 17.2 Å². The maximum absolute atomic E-state index is 12.7. The van der Waals surface area contributed by atoms with Gasteiger partial charge in [0.2, 0.25) is 0 Å². The monoisotopic (exact) mass is 366 g/mol. The zero-order chi connectivity index (χ0) is 18.8. The highest BCUT2D eigenvalue weighted by Gasteiger charge is 2.40. The van der Waals surface area contributed by atoms with E-state index < -0.39 is 0 Å². The molecule has 3 aliphatic rings. The number of nitrogens with zero attached hydrogens (tertiary/aromatic N) is 1. The maximum atomic E-state index is 12.7. The van der Waals surface area contributed by atoms with Crippen LogP contribution in [0.5, 0.6) is 17.2 Å². The molecule has 0 radical (unpaired) electrons. The molecule has 5 rings (SSSR count). The Morgan fingerprint density at radius 2 is 1.70 bits per heavy atom. The number of ether oxygens (including phenoxy) is 2. The third kappa shape index (κ3) is 3.65. The van der Waals surface area contributed by atoms with E-state index in [1.165, 1.54) is 12.8 Å². The summed E-state index contributed by atoms with van der Waals surface area (Å²) in [6.45, 7) is 4.54. The Balaban J connectivity index is 1.42. The minimum atomic E-state index is -0.00978. The summed E-state index contributed by atoms with van der Waals surface area (Å²) >= 11 is 0. The van der Waals surface area contributed by atoms with Gasteiger partial charge in [0.1, 0.15) is 5.75 Å². The third-order valence-corrected chi connectivity index (χ3v) is 5.89. The van der Waals surface area contributed by atoms with Crippen LogP contribution in [0.25, 0.3) is 0 Å². The number of carbonyl (C=O) groups is 1. The topological polar surface area (TPSA) is 50.8 Å². The van der Waals surface area contributed by atoms with E-state index >= 15 is 0 Å². The van der Waals surface area contributed by atoms with E-state index in [-0.39, 0.29) is 11.9 Å². The second-order valence-corrected chi connectivity index (χ2v) is 7.39. The van der Waals surface area contributed by atoms with Gasteiger partial charge in [-0.25, -0.2) is 0 Å². The van der Waals surface area contributed by atoms with E-state index in [4.69, 9.17) is 9.47 Å². The summed E-state index contributed by atoms with van der Waals surface area (Å²) in [4.78, 5) is 15.2. The number of methoxy groups -OCH3 is 1. The molecule has 0 aliphatic carbocycles. The van der Waals surface area contributed by atoms with Crippen LogP contribution in [0.3, 0.4) is 0 Å². The summed E-state index contributed by atoms with van der Waals surface area (Å²) in [5.41, 5.74) is 0.658. The lowest BCUT2D eigenvalue weighted by atomic mass is 9.79. The van der Waals surface area contributed by atoms with E-state index in [0.29, 0.717) is 34.8 Å². The average Bonchev–Trinajstić information content (AvgIpc) is 2.72. The fourth-order valence-electron chi connectivity index (χ4n) is 4.28. The van der Waals surface area contributed by atoms with E-state index in [1.54, 1.807) is 7.11 Å². The summed E-state index contributed by atoms with van der Waals surface area (Å²) in [5, 5.41) is 3.26. The number of carbonyl (C=O) groups excluding carboxylic acids is 1. The second-order valence-electron chi connectivity index (χ2n) is 7.39. The van der Waals surface area contributed by atoms with E-state index in [2.05, 4.69) is 17.1 Å². The van der Waals surface area contributed by atoms with Gasteiger partial charge in [-0.2, -0.15) is 0 Å². The van der Waals surface area contributed by atoms with Crippen molar-refractivity contribution in [3.63, 3.8) is 0 Å². The highest BCUT2D eigenvalue weighted by molar-refractivity contribution is 5.94. The van der Waals surface area contributed by atoms with Gasteiger partial charge in [-0.15, -0.1) is 0 Å². The zero-order valence-corrected chi connectivity index (χ0v) is 15.9. The molecule has 2 aromatic rings. The maximum Gasteiger partial charge on any atom is 0.251 e. The van der Waals surface area contributed by atoms with Crippen LogP contribution in [-0.4, -0.2) is 43.1 Å². The fraction of sp³-hybridized carbons (Fsp3) is 0.409. The molecule has 27 heavy (non-hydrogen) atoms. The van der Waals surface area contributed by atoms with Crippen molar-refractivity contribution < 1.29 is 14.3 Å². The predicted molar refractivity (Wildman–Crippen MR) is 105 cm³/mol. The van der Waals surface area contributed by atoms with Crippen LogP contribution in [-0.2, 0) is 0 Å². The molecule has 0 saturated carbocycles. The molecule has 2 bridgehead atoms. The lowest BCUT2D eigenvalue weighted by molar-refractivity contribution is 0.0217. The van der Waals surface area contributed by atoms with E-state index in [9.17, 15) is 4.79 Å². The van der Waals surface area contributed by atoms with Gasteiger partial charge in [0, 0.05) is 17.6 Å². The largest absolute Gasteiger partial charge is 0.493 e. The number of amides is 1. The number of rotatable bonds is 5. The zero-order valence-electron chi connectivity index (χ0n) is 15.9. The first-order valence-corrected chi connectivity index (χ1v) is 9.61. The molecule has 5 heteroatoms. The lowest BCUT2D eigenvalue weighted by Crippen LogP contribution is -2.62. The number of nitrogens with one attached hydrogen (secondary N) is 1. The van der Waals surface area contributed by atoms with Crippen molar-refractivity contribution in [2.24, 2.45) is 5.92 Å². The standard InChI is InChI=1S/C22H26N2O3/c1-15-21(16-11-13-24(15)14-12-16)23-22(25)17-7-9-18(10-8-17)27-20-6-4-3-5-19(20)26-2/h3-10,15-16,21H,11-14H2,1-2H3,(H,23,25). The minimum Gasteiger partial charge on any atom is -0.493 e. The van der Waals surface area contributed by atoms with Crippen molar-refractivity contribution in [1.82, 2.24) is 10.2 Å². The molecule has 2 atom stereocenters. The molecule has 142 valence electrons. The van der Waals surface area contributed by atoms with Gasteiger partial charge >= 0.3 is 0 Å². The Hall–Kier alpha value is -2.53. The number of hydrogen-bond acceptors (Lipinski definition) is 4. The molecule has 1 amide bonds. The predicted octanol–water partition coefficient (Wildman–Crippen LogP) is 3.70. The Labute approximate surface area is 160 Å². The van der Waals surface area contributed by atoms with Gasteiger partial charge in [-0.1, -0.05) is 12.1 Å². The van der Waals surface area contributed by atoms with E-state index in [1.807, 2.05) is 48.5 Å². The Bertz CT molecular complexity index is 795. The van der Waals surface area contributed by atoms with Crippen molar-refractivity contribution >= 4 is 5.91 Å². The number of piperidine rings is 3. The quantitative estimate of drug-likeness (QED) is 0.877. The molecule has 3 fully saturated rings. The molecule has 3 aliphatic heterocycles. The number of hydrogen-bond donors (Lipinski definition) is 1. The molecule has 1 N–H and O–H groups in total. The molecule has 3 heterocycles. The summed E-state index contributed by atoms with van der Waals surface area (Å²) in [6, 6.07) is 15.4. The summed E-state index contributed by atoms with van der Waals surface area (Å²) < 4.78 is 11.2. The summed E-state index contributed by atoms with van der Waals surface area (Å²) in [6.07, 6.45) is 2.36. The van der Waals surface area contributed by atoms with Crippen LogP contribution in [0.2, 0.25) is 0 Å². The molecule has 3 saturated heterocycles. The van der Waals surface area contributed by atoms with Crippen LogP contribution in [0.1, 0.15) is 30.1 Å². The van der Waals surface area contributed by atoms with Crippen molar-refractivity contribution in [2.45, 2.75) is 31.8 Å². The summed E-state index contributed by atoms with van der Waals surface area (Å²) in [5.74, 6) is 2.59. The Morgan fingerprint density at radius 3 is 2.33 bits per heavy atom. The minimum absolute atomic E-state index is 0.00978. The molecule has 2 aromatic carbocycles. The van der Waals surface area contributed by atoms with Crippen LogP contribution in [0.4, 0.5) is 0 Å². The molecule has 0 aromatic heterocycles. The fourth-order valence-corrected chi connectivity index (χ4v) is 4.28. The van der Waals surface area contributed by atoms with Gasteiger partial charge in [0.15, 0.2) is 11.5 Å². The molecule has 2 unspecified atom stereocenters. The average molecular weight is 366 g/mol. The van der Waals surface area contributed by atoms with Crippen molar-refractivity contribution in [2.75, 3.05) is 20.2 Å². The van der Waals surface area contributed by atoms with Gasteiger partial charge in [-0.3, -0.25) is 9.69 Å². The third-order valence-electron chi connectivity index (χ3n) is 5.89. The van der Waals surface area contributed by atoms with Gasteiger partial charge in [0.25, 0.3) is 5.91 Å². The first-order chi connectivity index (χ1) is 13.2. The summed E-state index contributed by atoms with van der Waals surface area (Å²) in [7, 11) is 1.62. The number of para-hydroxylation sites is 2. The lowest BCUT2D eigenvalue weighted by Gasteiger charge is -2.49. The first-order valence-electron chi connectivity index (χ1n) is 9.61. The Kier molecular flexibility index (Phi) is 5.03. The van der Waals surface area contributed by atoms with Crippen LogP contribution in [0, 0.1) is 5.92 Å². The highest BCUT2D eigenvalue weighted by Crippen LogP contribution is 2.33. The van der Waals surface area contributed by atoms with Gasteiger partial charge in [0.05, 0.1) is 7.11 Å². The first kappa shape index (κ1) is 17.9. The molecular weight excluding hydrogens is 340 g/mol. The normalized spacial score (nSPS) is 26.4. The van der Waals surface area contributed by atoms with Gasteiger partial charge < -0.3 is 14.8 Å². The molecule has 0 spiro atoms. The molecular formula is C22H26N2O3. The SMILES string of the molecule is COc1ccccc1Oc1ccc(C(=O)NC2C3CCN(CC3)C2C)cc1. The van der Waals surface area contributed by atoms with Crippen LogP contribution in [0.15, 0.2) is 48.5 Å². The molecule has 5 nitrogen and oxygen atoms in total. The van der Waals surface area contributed by atoms with Crippen LogP contribution >= 0.6 is 0 Å². The van der Waals surface area contributed by atoms with Crippen LogP contribution < -0.4 is 14.8 Å².